The van der Waals surface area contributed by atoms with Crippen molar-refractivity contribution in [2.24, 2.45) is 0 Å². The number of carbonyl (C=O) groups excluding carboxylic acids is 1. The van der Waals surface area contributed by atoms with Gasteiger partial charge in [-0.15, -0.1) is 0 Å². The molecule has 0 fully saturated rings. The molecule has 0 aliphatic carbocycles. The lowest BCUT2D eigenvalue weighted by Crippen LogP contribution is -1.99. The number of hydrogen-bond donors (Lipinski definition) is 0. The van der Waals surface area contributed by atoms with Crippen molar-refractivity contribution in [1.82, 2.24) is 0 Å². The normalized spacial score (nSPS) is 9.40. The van der Waals surface area contributed by atoms with Gasteiger partial charge in [0.05, 0.1) is 0 Å². The second kappa shape index (κ2) is 6.44. The summed E-state index contributed by atoms with van der Waals surface area (Å²) in [4.78, 5) is 10.9. The fraction of sp³-hybridized carbons (Fsp3) is 0.154. The first-order valence-electron chi connectivity index (χ1n) is 4.66. The summed E-state index contributed by atoms with van der Waals surface area (Å²) in [5.74, 6) is 5.29. The summed E-state index contributed by atoms with van der Waals surface area (Å²) in [6, 6.07) is 9.56. The SMILES string of the molecule is C/C=C\C(=O)OCC#Cc1ccccc1. The van der Waals surface area contributed by atoms with Crippen LogP contribution in [-0.2, 0) is 9.53 Å². The molecule has 0 N–H and O–H groups in total. The van der Waals surface area contributed by atoms with Crippen molar-refractivity contribution in [3.8, 4) is 11.8 Å². The largest absolute Gasteiger partial charge is 0.449 e. The highest BCUT2D eigenvalue weighted by Crippen LogP contribution is 1.94. The monoisotopic (exact) mass is 200 g/mol. The third-order valence-corrected chi connectivity index (χ3v) is 1.60. The molecule has 1 aromatic rings. The lowest BCUT2D eigenvalue weighted by atomic mass is 10.2. The van der Waals surface area contributed by atoms with Gasteiger partial charge in [0.25, 0.3) is 0 Å². The maximum absolute atomic E-state index is 10.9. The Hall–Kier alpha value is -2.01. The molecule has 2 nitrogen and oxygen atoms in total. The third kappa shape index (κ3) is 4.68. The van der Waals surface area contributed by atoms with Gasteiger partial charge in [0.1, 0.15) is 0 Å². The number of esters is 1. The van der Waals surface area contributed by atoms with Gasteiger partial charge in [0, 0.05) is 11.6 Å². The predicted octanol–water partition coefficient (Wildman–Crippen LogP) is 2.16. The molecule has 0 amide bonds. The van der Waals surface area contributed by atoms with Crippen LogP contribution in [0.3, 0.4) is 0 Å². The average molecular weight is 200 g/mol. The van der Waals surface area contributed by atoms with Crippen molar-refractivity contribution >= 4 is 5.97 Å². The van der Waals surface area contributed by atoms with Crippen LogP contribution in [0.1, 0.15) is 12.5 Å². The molecule has 2 heteroatoms. The van der Waals surface area contributed by atoms with Crippen molar-refractivity contribution in [2.45, 2.75) is 6.92 Å². The molecule has 0 radical (unpaired) electrons. The van der Waals surface area contributed by atoms with Crippen molar-refractivity contribution in [3.63, 3.8) is 0 Å². The van der Waals surface area contributed by atoms with Crippen molar-refractivity contribution in [2.75, 3.05) is 6.61 Å². The maximum atomic E-state index is 10.9. The first-order chi connectivity index (χ1) is 7.33. The summed E-state index contributed by atoms with van der Waals surface area (Å²) < 4.78 is 4.80. The average Bonchev–Trinajstić information content (AvgIpc) is 2.26. The van der Waals surface area contributed by atoms with Crippen LogP contribution in [0.5, 0.6) is 0 Å². The summed E-state index contributed by atoms with van der Waals surface area (Å²) in [5, 5.41) is 0. The van der Waals surface area contributed by atoms with Crippen LogP contribution in [0, 0.1) is 11.8 Å². The van der Waals surface area contributed by atoms with Gasteiger partial charge in [-0.25, -0.2) is 4.79 Å². The molecule has 0 saturated carbocycles. The standard InChI is InChI=1S/C13H12O2/c1-2-7-13(14)15-11-6-10-12-8-4-3-5-9-12/h2-5,7-9H,11H2,1H3/b7-2-. The zero-order chi connectivity index (χ0) is 10.9. The predicted molar refractivity (Wildman–Crippen MR) is 59.1 cm³/mol. The molecule has 0 bridgehead atoms. The minimum Gasteiger partial charge on any atom is -0.449 e. The van der Waals surface area contributed by atoms with E-state index in [1.807, 2.05) is 30.3 Å². The number of ether oxygens (including phenoxy) is 1. The molecule has 15 heavy (non-hydrogen) atoms. The molecule has 0 aliphatic rings. The topological polar surface area (TPSA) is 26.3 Å². The first-order valence-corrected chi connectivity index (χ1v) is 4.66. The van der Waals surface area contributed by atoms with Gasteiger partial charge < -0.3 is 4.74 Å². The lowest BCUT2D eigenvalue weighted by molar-refractivity contribution is -0.136. The Morgan fingerprint density at radius 2 is 2.13 bits per heavy atom. The van der Waals surface area contributed by atoms with Gasteiger partial charge in [-0.2, -0.15) is 0 Å². The van der Waals surface area contributed by atoms with Gasteiger partial charge in [-0.05, 0) is 19.1 Å². The quantitative estimate of drug-likeness (QED) is 0.415. The minimum absolute atomic E-state index is 0.123. The molecule has 76 valence electrons. The van der Waals surface area contributed by atoms with E-state index in [2.05, 4.69) is 11.8 Å². The van der Waals surface area contributed by atoms with Crippen molar-refractivity contribution < 1.29 is 9.53 Å². The smallest absolute Gasteiger partial charge is 0.331 e. The molecule has 0 aliphatic heterocycles. The Morgan fingerprint density at radius 3 is 2.80 bits per heavy atom. The van der Waals surface area contributed by atoms with Crippen molar-refractivity contribution in [1.29, 1.82) is 0 Å². The van der Waals surface area contributed by atoms with Crippen LogP contribution in [0.25, 0.3) is 0 Å². The van der Waals surface area contributed by atoms with E-state index < -0.39 is 0 Å². The van der Waals surface area contributed by atoms with Gasteiger partial charge in [-0.3, -0.25) is 0 Å². The summed E-state index contributed by atoms with van der Waals surface area (Å²) in [6.07, 6.45) is 3.00. The number of hydrogen-bond acceptors (Lipinski definition) is 2. The van der Waals surface area contributed by atoms with Crippen molar-refractivity contribution in [3.05, 3.63) is 48.0 Å². The Balaban J connectivity index is 2.38. The molecule has 0 saturated heterocycles. The molecular formula is C13H12O2. The van der Waals surface area contributed by atoms with Gasteiger partial charge in [0.2, 0.25) is 0 Å². The molecule has 0 unspecified atom stereocenters. The Labute approximate surface area is 89.6 Å². The second-order valence-corrected chi connectivity index (χ2v) is 2.78. The van der Waals surface area contributed by atoms with Crippen LogP contribution in [0.4, 0.5) is 0 Å². The fourth-order valence-electron chi connectivity index (χ4n) is 0.951. The highest BCUT2D eigenvalue weighted by atomic mass is 16.5. The van der Waals surface area contributed by atoms with Gasteiger partial charge in [0.15, 0.2) is 6.61 Å². The van der Waals surface area contributed by atoms with Crippen LogP contribution >= 0.6 is 0 Å². The molecule has 1 aromatic carbocycles. The van der Waals surface area contributed by atoms with E-state index >= 15 is 0 Å². The van der Waals surface area contributed by atoms with Gasteiger partial charge >= 0.3 is 5.97 Å². The van der Waals surface area contributed by atoms with E-state index in [0.29, 0.717) is 0 Å². The molecule has 0 aromatic heterocycles. The van der Waals surface area contributed by atoms with Gasteiger partial charge in [-0.1, -0.05) is 36.1 Å². The van der Waals surface area contributed by atoms with E-state index in [1.165, 1.54) is 6.08 Å². The summed E-state index contributed by atoms with van der Waals surface area (Å²) in [5.41, 5.74) is 0.916. The van der Waals surface area contributed by atoms with E-state index in [9.17, 15) is 4.79 Å². The Bertz CT molecular complexity index is 394. The molecule has 0 spiro atoms. The number of carbonyl (C=O) groups is 1. The fourth-order valence-corrected chi connectivity index (χ4v) is 0.951. The Morgan fingerprint density at radius 1 is 1.40 bits per heavy atom. The highest BCUT2D eigenvalue weighted by molar-refractivity contribution is 5.81. The Kier molecular flexibility index (Phi) is 4.75. The van der Waals surface area contributed by atoms with E-state index in [0.717, 1.165) is 5.56 Å². The second-order valence-electron chi connectivity index (χ2n) is 2.78. The van der Waals surface area contributed by atoms with Crippen LogP contribution in [0.15, 0.2) is 42.5 Å². The maximum Gasteiger partial charge on any atom is 0.331 e. The van der Waals surface area contributed by atoms with Crippen LogP contribution in [0.2, 0.25) is 0 Å². The summed E-state index contributed by atoms with van der Waals surface area (Å²) >= 11 is 0. The molecule has 0 atom stereocenters. The third-order valence-electron chi connectivity index (χ3n) is 1.60. The van der Waals surface area contributed by atoms with E-state index in [1.54, 1.807) is 13.0 Å². The van der Waals surface area contributed by atoms with Crippen LogP contribution in [-0.4, -0.2) is 12.6 Å². The van der Waals surface area contributed by atoms with E-state index in [-0.39, 0.29) is 12.6 Å². The van der Waals surface area contributed by atoms with E-state index in [4.69, 9.17) is 4.74 Å². The summed E-state index contributed by atoms with van der Waals surface area (Å²) in [7, 11) is 0. The number of rotatable bonds is 2. The lowest BCUT2D eigenvalue weighted by Gasteiger charge is -1.93. The number of benzene rings is 1. The minimum atomic E-state index is -0.361. The molecular weight excluding hydrogens is 188 g/mol. The molecule has 1 rings (SSSR count). The highest BCUT2D eigenvalue weighted by Gasteiger charge is 1.91. The summed E-state index contributed by atoms with van der Waals surface area (Å²) in [6.45, 7) is 1.88. The first kappa shape index (κ1) is 11.1. The van der Waals surface area contributed by atoms with Crippen LogP contribution < -0.4 is 0 Å². The number of allylic oxidation sites excluding steroid dienone is 1. The zero-order valence-electron chi connectivity index (χ0n) is 8.57. The zero-order valence-corrected chi connectivity index (χ0v) is 8.57. The molecule has 0 heterocycles.